The molecule has 0 radical (unpaired) electrons. The van der Waals surface area contributed by atoms with Gasteiger partial charge in [-0.2, -0.15) is 0 Å². The zero-order chi connectivity index (χ0) is 14.7. The lowest BCUT2D eigenvalue weighted by Gasteiger charge is -2.21. The second-order valence-electron chi connectivity index (χ2n) is 4.87. The minimum absolute atomic E-state index is 0.0228. The molecule has 0 bridgehead atoms. The van der Waals surface area contributed by atoms with Crippen molar-refractivity contribution < 1.29 is 0 Å². The van der Waals surface area contributed by atoms with Crippen LogP contribution in [0.15, 0.2) is 30.5 Å². The lowest BCUT2D eigenvalue weighted by molar-refractivity contribution is 0.613. The second-order valence-corrected chi connectivity index (χ2v) is 5.71. The van der Waals surface area contributed by atoms with Gasteiger partial charge in [0.25, 0.3) is 0 Å². The fourth-order valence-electron chi connectivity index (χ4n) is 2.35. The molecule has 0 aliphatic heterocycles. The van der Waals surface area contributed by atoms with Gasteiger partial charge in [0.1, 0.15) is 0 Å². The van der Waals surface area contributed by atoms with Gasteiger partial charge in [0.05, 0.1) is 21.8 Å². The normalized spacial score (nSPS) is 12.4. The summed E-state index contributed by atoms with van der Waals surface area (Å²) < 4.78 is 0. The fraction of sp³-hybridized carbons (Fsp3) is 0.312. The predicted molar refractivity (Wildman–Crippen MR) is 85.7 cm³/mol. The standard InChI is InChI=1S/C16H18Cl2N2/c1-4-19-15(13-6-5-10(2)7-11(13)3)16-14(18)8-12(17)9-20-16/h5-9,15,19H,4H2,1-3H3. The third kappa shape index (κ3) is 3.32. The second kappa shape index (κ2) is 6.57. The van der Waals surface area contributed by atoms with Crippen molar-refractivity contribution in [1.29, 1.82) is 0 Å². The largest absolute Gasteiger partial charge is 0.305 e. The van der Waals surface area contributed by atoms with E-state index >= 15 is 0 Å². The van der Waals surface area contributed by atoms with Crippen LogP contribution in [-0.2, 0) is 0 Å². The van der Waals surface area contributed by atoms with E-state index in [1.54, 1.807) is 12.3 Å². The highest BCUT2D eigenvalue weighted by Crippen LogP contribution is 2.30. The molecule has 1 N–H and O–H groups in total. The molecule has 0 aliphatic rings. The number of hydrogen-bond acceptors (Lipinski definition) is 2. The van der Waals surface area contributed by atoms with Crippen LogP contribution in [0.2, 0.25) is 10.0 Å². The average molecular weight is 309 g/mol. The van der Waals surface area contributed by atoms with Crippen molar-refractivity contribution in [2.45, 2.75) is 26.8 Å². The lowest BCUT2D eigenvalue weighted by atomic mass is 9.96. The highest BCUT2D eigenvalue weighted by atomic mass is 35.5. The molecule has 20 heavy (non-hydrogen) atoms. The number of rotatable bonds is 4. The first-order valence-electron chi connectivity index (χ1n) is 6.64. The van der Waals surface area contributed by atoms with Gasteiger partial charge in [-0.15, -0.1) is 0 Å². The smallest absolute Gasteiger partial charge is 0.0805 e. The van der Waals surface area contributed by atoms with Crippen molar-refractivity contribution in [3.8, 4) is 0 Å². The molecule has 0 saturated heterocycles. The van der Waals surface area contributed by atoms with Gasteiger partial charge in [-0.3, -0.25) is 4.98 Å². The molecule has 1 aromatic heterocycles. The molecule has 2 rings (SSSR count). The number of nitrogens with one attached hydrogen (secondary N) is 1. The zero-order valence-electron chi connectivity index (χ0n) is 11.9. The summed E-state index contributed by atoms with van der Waals surface area (Å²) in [5.74, 6) is 0. The molecule has 0 aliphatic carbocycles. The Hall–Kier alpha value is -1.09. The number of aryl methyl sites for hydroxylation is 2. The van der Waals surface area contributed by atoms with Gasteiger partial charge >= 0.3 is 0 Å². The van der Waals surface area contributed by atoms with Crippen LogP contribution in [0.5, 0.6) is 0 Å². The number of aromatic nitrogens is 1. The van der Waals surface area contributed by atoms with E-state index in [9.17, 15) is 0 Å². The van der Waals surface area contributed by atoms with Gasteiger partial charge in [0.15, 0.2) is 0 Å². The molecule has 2 nitrogen and oxygen atoms in total. The summed E-state index contributed by atoms with van der Waals surface area (Å²) in [4.78, 5) is 4.41. The van der Waals surface area contributed by atoms with Crippen LogP contribution in [0.4, 0.5) is 0 Å². The maximum absolute atomic E-state index is 6.31. The molecule has 2 aromatic rings. The van der Waals surface area contributed by atoms with Gasteiger partial charge in [0.2, 0.25) is 0 Å². The summed E-state index contributed by atoms with van der Waals surface area (Å²) >= 11 is 12.2. The molecule has 1 unspecified atom stereocenters. The average Bonchev–Trinajstić information content (AvgIpc) is 2.37. The minimum Gasteiger partial charge on any atom is -0.305 e. The van der Waals surface area contributed by atoms with E-state index in [2.05, 4.69) is 49.3 Å². The van der Waals surface area contributed by atoms with E-state index in [1.807, 2.05) is 0 Å². The maximum atomic E-state index is 6.31. The number of hydrogen-bond donors (Lipinski definition) is 1. The van der Waals surface area contributed by atoms with Crippen LogP contribution in [0, 0.1) is 13.8 Å². The molecule has 1 aromatic carbocycles. The lowest BCUT2D eigenvalue weighted by Crippen LogP contribution is -2.24. The summed E-state index contributed by atoms with van der Waals surface area (Å²) in [6, 6.07) is 8.12. The topological polar surface area (TPSA) is 24.9 Å². The van der Waals surface area contributed by atoms with Crippen LogP contribution in [-0.4, -0.2) is 11.5 Å². The fourth-order valence-corrected chi connectivity index (χ4v) is 2.83. The van der Waals surface area contributed by atoms with Crippen LogP contribution >= 0.6 is 23.2 Å². The third-order valence-corrected chi connectivity index (χ3v) is 3.76. The summed E-state index contributed by atoms with van der Waals surface area (Å²) in [5.41, 5.74) is 4.47. The van der Waals surface area contributed by atoms with Gasteiger partial charge < -0.3 is 5.32 Å². The SMILES string of the molecule is CCNC(c1ccc(C)cc1C)c1ncc(Cl)cc1Cl. The molecular formula is C16H18Cl2N2. The molecular weight excluding hydrogens is 291 g/mol. The summed E-state index contributed by atoms with van der Waals surface area (Å²) in [6.45, 7) is 7.10. The van der Waals surface area contributed by atoms with Crippen molar-refractivity contribution in [2.75, 3.05) is 6.54 Å². The van der Waals surface area contributed by atoms with E-state index in [0.717, 1.165) is 12.2 Å². The first-order chi connectivity index (χ1) is 9.52. The van der Waals surface area contributed by atoms with Crippen LogP contribution in [0.1, 0.15) is 35.3 Å². The molecule has 106 valence electrons. The van der Waals surface area contributed by atoms with Crippen LogP contribution in [0.3, 0.4) is 0 Å². The molecule has 0 spiro atoms. The Labute approximate surface area is 130 Å². The van der Waals surface area contributed by atoms with Gasteiger partial charge in [-0.1, -0.05) is 53.9 Å². The monoisotopic (exact) mass is 308 g/mol. The number of halogens is 2. The van der Waals surface area contributed by atoms with Gasteiger partial charge in [0, 0.05) is 6.20 Å². The van der Waals surface area contributed by atoms with E-state index in [1.165, 1.54) is 16.7 Å². The first kappa shape index (κ1) is 15.3. The molecule has 0 amide bonds. The minimum atomic E-state index is -0.0228. The Morgan fingerprint density at radius 3 is 2.55 bits per heavy atom. The molecule has 1 atom stereocenters. The van der Waals surface area contributed by atoms with Crippen LogP contribution in [0.25, 0.3) is 0 Å². The Balaban J connectivity index is 2.50. The zero-order valence-corrected chi connectivity index (χ0v) is 13.4. The van der Waals surface area contributed by atoms with Gasteiger partial charge in [-0.25, -0.2) is 0 Å². The first-order valence-corrected chi connectivity index (χ1v) is 7.40. The quantitative estimate of drug-likeness (QED) is 0.885. The number of benzene rings is 1. The number of pyridine rings is 1. The summed E-state index contributed by atoms with van der Waals surface area (Å²) in [6.07, 6.45) is 1.64. The van der Waals surface area contributed by atoms with Gasteiger partial charge in [-0.05, 0) is 37.6 Å². The van der Waals surface area contributed by atoms with Crippen molar-refractivity contribution in [1.82, 2.24) is 10.3 Å². The van der Waals surface area contributed by atoms with Crippen molar-refractivity contribution >= 4 is 23.2 Å². The third-order valence-electron chi connectivity index (χ3n) is 3.25. The Morgan fingerprint density at radius 1 is 1.20 bits per heavy atom. The number of nitrogens with zero attached hydrogens (tertiary/aromatic N) is 1. The summed E-state index contributed by atoms with van der Waals surface area (Å²) in [5, 5.41) is 4.58. The predicted octanol–water partition coefficient (Wildman–Crippen LogP) is 4.70. The van der Waals surface area contributed by atoms with Crippen molar-refractivity contribution in [2.24, 2.45) is 0 Å². The highest BCUT2D eigenvalue weighted by molar-refractivity contribution is 6.34. The summed E-state index contributed by atoms with van der Waals surface area (Å²) in [7, 11) is 0. The van der Waals surface area contributed by atoms with E-state index < -0.39 is 0 Å². The van der Waals surface area contributed by atoms with E-state index in [0.29, 0.717) is 10.0 Å². The highest BCUT2D eigenvalue weighted by Gasteiger charge is 2.19. The van der Waals surface area contributed by atoms with Crippen molar-refractivity contribution in [3.05, 3.63) is 62.9 Å². The molecule has 0 fully saturated rings. The molecule has 4 heteroatoms. The maximum Gasteiger partial charge on any atom is 0.0805 e. The molecule has 0 saturated carbocycles. The molecule has 1 heterocycles. The van der Waals surface area contributed by atoms with Crippen LogP contribution < -0.4 is 5.32 Å². The Kier molecular flexibility index (Phi) is 5.03. The van der Waals surface area contributed by atoms with E-state index in [-0.39, 0.29) is 6.04 Å². The van der Waals surface area contributed by atoms with Crippen molar-refractivity contribution in [3.63, 3.8) is 0 Å². The van der Waals surface area contributed by atoms with E-state index in [4.69, 9.17) is 23.2 Å². The Morgan fingerprint density at radius 2 is 1.95 bits per heavy atom. The Bertz CT molecular complexity index is 560.